The highest BCUT2D eigenvalue weighted by Gasteiger charge is 2.20. The van der Waals surface area contributed by atoms with E-state index in [2.05, 4.69) is 19.9 Å². The van der Waals surface area contributed by atoms with E-state index in [4.69, 9.17) is 15.2 Å². The van der Waals surface area contributed by atoms with Gasteiger partial charge in [0.2, 0.25) is 11.9 Å². The zero-order chi connectivity index (χ0) is 13.8. The third kappa shape index (κ3) is 3.27. The van der Waals surface area contributed by atoms with E-state index < -0.39 is 0 Å². The van der Waals surface area contributed by atoms with Crippen molar-refractivity contribution in [2.75, 3.05) is 36.9 Å². The SMILES string of the molecule is Nc1nc(OC2CCOCC2)nc(N2CCCCC2)n1. The number of ether oxygens (including phenoxy) is 2. The van der Waals surface area contributed by atoms with Crippen molar-refractivity contribution in [3.05, 3.63) is 0 Å². The molecule has 0 aromatic carbocycles. The second-order valence-electron chi connectivity index (χ2n) is 5.25. The molecule has 110 valence electrons. The molecule has 0 radical (unpaired) electrons. The number of rotatable bonds is 3. The van der Waals surface area contributed by atoms with Crippen molar-refractivity contribution < 1.29 is 9.47 Å². The van der Waals surface area contributed by atoms with Crippen LogP contribution >= 0.6 is 0 Å². The Hall–Kier alpha value is -1.63. The van der Waals surface area contributed by atoms with E-state index in [1.54, 1.807) is 0 Å². The molecule has 0 atom stereocenters. The predicted molar refractivity (Wildman–Crippen MR) is 74.8 cm³/mol. The van der Waals surface area contributed by atoms with Gasteiger partial charge in [-0.1, -0.05) is 0 Å². The first-order valence-electron chi connectivity index (χ1n) is 7.32. The number of anilines is 2. The fraction of sp³-hybridized carbons (Fsp3) is 0.769. The lowest BCUT2D eigenvalue weighted by atomic mass is 10.1. The summed E-state index contributed by atoms with van der Waals surface area (Å²) in [5.41, 5.74) is 5.78. The number of hydrogen-bond acceptors (Lipinski definition) is 7. The minimum atomic E-state index is 0.111. The Morgan fingerprint density at radius 2 is 1.80 bits per heavy atom. The number of aromatic nitrogens is 3. The fourth-order valence-electron chi connectivity index (χ4n) is 2.59. The van der Waals surface area contributed by atoms with Crippen molar-refractivity contribution in [1.29, 1.82) is 0 Å². The highest BCUT2D eigenvalue weighted by Crippen LogP contribution is 2.20. The molecule has 2 N–H and O–H groups in total. The lowest BCUT2D eigenvalue weighted by Crippen LogP contribution is -2.32. The summed E-state index contributed by atoms with van der Waals surface area (Å²) >= 11 is 0. The lowest BCUT2D eigenvalue weighted by molar-refractivity contribution is 0.0217. The molecule has 2 saturated heterocycles. The molecule has 2 aliphatic heterocycles. The number of nitrogens with zero attached hydrogens (tertiary/aromatic N) is 4. The van der Waals surface area contributed by atoms with E-state index in [1.807, 2.05) is 0 Å². The monoisotopic (exact) mass is 279 g/mol. The summed E-state index contributed by atoms with van der Waals surface area (Å²) in [6, 6.07) is 0.338. The topological polar surface area (TPSA) is 86.4 Å². The average Bonchev–Trinajstić information content (AvgIpc) is 2.49. The molecule has 0 aliphatic carbocycles. The van der Waals surface area contributed by atoms with E-state index in [-0.39, 0.29) is 12.1 Å². The van der Waals surface area contributed by atoms with Crippen LogP contribution in [0.4, 0.5) is 11.9 Å². The van der Waals surface area contributed by atoms with Crippen molar-refractivity contribution in [3.8, 4) is 6.01 Å². The molecule has 1 aromatic rings. The second-order valence-corrected chi connectivity index (χ2v) is 5.25. The molecule has 0 spiro atoms. The third-order valence-electron chi connectivity index (χ3n) is 3.70. The molecule has 7 heteroatoms. The Balaban J connectivity index is 1.71. The fourth-order valence-corrected chi connectivity index (χ4v) is 2.59. The maximum absolute atomic E-state index is 5.82. The molecule has 2 aliphatic rings. The minimum Gasteiger partial charge on any atom is -0.460 e. The first-order chi connectivity index (χ1) is 9.81. The van der Waals surface area contributed by atoms with Gasteiger partial charge in [-0.2, -0.15) is 15.0 Å². The number of piperidine rings is 1. The van der Waals surface area contributed by atoms with Gasteiger partial charge in [0.05, 0.1) is 13.2 Å². The van der Waals surface area contributed by atoms with E-state index in [0.717, 1.165) is 39.1 Å². The molecule has 0 saturated carbocycles. The van der Waals surface area contributed by atoms with Crippen LogP contribution in [-0.4, -0.2) is 47.4 Å². The maximum Gasteiger partial charge on any atom is 0.323 e. The van der Waals surface area contributed by atoms with Gasteiger partial charge in [-0.25, -0.2) is 0 Å². The quantitative estimate of drug-likeness (QED) is 0.883. The number of hydrogen-bond donors (Lipinski definition) is 1. The van der Waals surface area contributed by atoms with Crippen LogP contribution < -0.4 is 15.4 Å². The maximum atomic E-state index is 5.82. The van der Waals surface area contributed by atoms with E-state index in [0.29, 0.717) is 12.0 Å². The predicted octanol–water partition coefficient (Wildman–Crippen LogP) is 1.00. The summed E-state index contributed by atoms with van der Waals surface area (Å²) < 4.78 is 11.1. The Kier molecular flexibility index (Phi) is 4.15. The average molecular weight is 279 g/mol. The number of nitrogens with two attached hydrogens (primary N) is 1. The molecular formula is C13H21N5O2. The molecule has 3 rings (SSSR count). The normalized spacial score (nSPS) is 20.9. The first-order valence-corrected chi connectivity index (χ1v) is 7.32. The van der Waals surface area contributed by atoms with Gasteiger partial charge >= 0.3 is 6.01 Å². The summed E-state index contributed by atoms with van der Waals surface area (Å²) in [5.74, 6) is 0.863. The highest BCUT2D eigenvalue weighted by atomic mass is 16.5. The summed E-state index contributed by atoms with van der Waals surface area (Å²) in [6.07, 6.45) is 5.45. The van der Waals surface area contributed by atoms with Crippen molar-refractivity contribution in [3.63, 3.8) is 0 Å². The van der Waals surface area contributed by atoms with Crippen LogP contribution in [0.15, 0.2) is 0 Å². The van der Waals surface area contributed by atoms with Gasteiger partial charge in [-0.3, -0.25) is 0 Å². The van der Waals surface area contributed by atoms with Crippen LogP contribution in [0.5, 0.6) is 6.01 Å². The molecule has 3 heterocycles. The van der Waals surface area contributed by atoms with Gasteiger partial charge in [0.25, 0.3) is 0 Å². The van der Waals surface area contributed by atoms with Gasteiger partial charge < -0.3 is 20.1 Å². The summed E-state index contributed by atoms with van der Waals surface area (Å²) in [4.78, 5) is 14.9. The largest absolute Gasteiger partial charge is 0.460 e. The van der Waals surface area contributed by atoms with Gasteiger partial charge in [0, 0.05) is 25.9 Å². The lowest BCUT2D eigenvalue weighted by Gasteiger charge is -2.27. The van der Waals surface area contributed by atoms with Crippen molar-refractivity contribution in [1.82, 2.24) is 15.0 Å². The minimum absolute atomic E-state index is 0.111. The molecule has 0 bridgehead atoms. The summed E-state index contributed by atoms with van der Waals surface area (Å²) in [5, 5.41) is 0. The van der Waals surface area contributed by atoms with Gasteiger partial charge in [-0.05, 0) is 19.3 Å². The van der Waals surface area contributed by atoms with Crippen molar-refractivity contribution in [2.45, 2.75) is 38.2 Å². The molecule has 7 nitrogen and oxygen atoms in total. The van der Waals surface area contributed by atoms with Gasteiger partial charge in [-0.15, -0.1) is 0 Å². The third-order valence-corrected chi connectivity index (χ3v) is 3.70. The van der Waals surface area contributed by atoms with Crippen LogP contribution in [-0.2, 0) is 4.74 Å². The Labute approximate surface area is 118 Å². The standard InChI is InChI=1S/C13H21N5O2/c14-11-15-12(18-6-2-1-3-7-18)17-13(16-11)20-10-4-8-19-9-5-10/h10H,1-9H2,(H2,14,15,16,17). The number of nitrogen functional groups attached to an aromatic ring is 1. The molecule has 0 amide bonds. The Bertz CT molecular complexity index is 444. The summed E-state index contributed by atoms with van der Waals surface area (Å²) in [7, 11) is 0. The molecular weight excluding hydrogens is 258 g/mol. The molecule has 1 aromatic heterocycles. The van der Waals surface area contributed by atoms with Gasteiger partial charge in [0.15, 0.2) is 0 Å². The van der Waals surface area contributed by atoms with Gasteiger partial charge in [0.1, 0.15) is 6.10 Å². The van der Waals surface area contributed by atoms with E-state index in [9.17, 15) is 0 Å². The second kappa shape index (κ2) is 6.21. The first kappa shape index (κ1) is 13.4. The molecule has 20 heavy (non-hydrogen) atoms. The van der Waals surface area contributed by atoms with Crippen LogP contribution in [0.2, 0.25) is 0 Å². The van der Waals surface area contributed by atoms with E-state index >= 15 is 0 Å². The smallest absolute Gasteiger partial charge is 0.323 e. The van der Waals surface area contributed by atoms with Crippen molar-refractivity contribution in [2.24, 2.45) is 0 Å². The molecule has 2 fully saturated rings. The van der Waals surface area contributed by atoms with Crippen LogP contribution in [0.25, 0.3) is 0 Å². The summed E-state index contributed by atoms with van der Waals surface area (Å²) in [6.45, 7) is 3.40. The zero-order valence-corrected chi connectivity index (χ0v) is 11.6. The van der Waals surface area contributed by atoms with Crippen molar-refractivity contribution >= 4 is 11.9 Å². The van der Waals surface area contributed by atoms with Crippen LogP contribution in [0, 0.1) is 0 Å². The Morgan fingerprint density at radius 3 is 2.55 bits per heavy atom. The van der Waals surface area contributed by atoms with Crippen LogP contribution in [0.3, 0.4) is 0 Å². The van der Waals surface area contributed by atoms with Crippen LogP contribution in [0.1, 0.15) is 32.1 Å². The Morgan fingerprint density at radius 1 is 1.05 bits per heavy atom. The highest BCUT2D eigenvalue weighted by molar-refractivity contribution is 5.36. The van der Waals surface area contributed by atoms with E-state index in [1.165, 1.54) is 19.3 Å². The zero-order valence-electron chi connectivity index (χ0n) is 11.6. The molecule has 0 unspecified atom stereocenters.